The molecule has 0 saturated carbocycles. The number of benzene rings is 2. The molecular weight excluding hydrogens is 282 g/mol. The molecule has 2 aromatic carbocycles. The summed E-state index contributed by atoms with van der Waals surface area (Å²) in [5, 5.41) is 28.9. The topological polar surface area (TPSA) is 101 Å². The Bertz CT molecular complexity index is 669. The molecule has 0 amide bonds. The Hall–Kier alpha value is -2.54. The molecule has 2 rings (SSSR count). The lowest BCUT2D eigenvalue weighted by Crippen LogP contribution is -2.02. The van der Waals surface area contributed by atoms with Gasteiger partial charge in [0.1, 0.15) is 11.3 Å². The number of nitro benzene ring substituents is 1. The first-order valence-electron chi connectivity index (χ1n) is 5.46. The highest BCUT2D eigenvalue weighted by Gasteiger charge is 2.20. The molecule has 0 saturated heterocycles. The van der Waals surface area contributed by atoms with Crippen molar-refractivity contribution < 1.29 is 19.9 Å². The zero-order chi connectivity index (χ0) is 14.7. The van der Waals surface area contributed by atoms with Gasteiger partial charge >= 0.3 is 5.97 Å². The number of rotatable bonds is 4. The second kappa shape index (κ2) is 5.62. The zero-order valence-electron chi connectivity index (χ0n) is 10.0. The van der Waals surface area contributed by atoms with Gasteiger partial charge in [-0.3, -0.25) is 10.1 Å². The van der Waals surface area contributed by atoms with Crippen molar-refractivity contribution in [2.24, 2.45) is 0 Å². The van der Waals surface area contributed by atoms with Crippen LogP contribution in [0.1, 0.15) is 10.4 Å². The summed E-state index contributed by atoms with van der Waals surface area (Å²) in [5.41, 5.74) is -0.786. The molecule has 102 valence electrons. The van der Waals surface area contributed by atoms with E-state index in [1.807, 2.05) is 0 Å². The average molecular weight is 291 g/mol. The first-order valence-corrected chi connectivity index (χ1v) is 6.27. The van der Waals surface area contributed by atoms with Crippen molar-refractivity contribution in [3.63, 3.8) is 0 Å². The second-order valence-electron chi connectivity index (χ2n) is 3.84. The molecule has 0 aliphatic rings. The van der Waals surface area contributed by atoms with Gasteiger partial charge in [-0.2, -0.15) is 0 Å². The van der Waals surface area contributed by atoms with E-state index in [-0.39, 0.29) is 11.3 Å². The maximum atomic E-state index is 10.9. The van der Waals surface area contributed by atoms with Crippen molar-refractivity contribution in [3.8, 4) is 5.75 Å². The van der Waals surface area contributed by atoms with Crippen LogP contribution in [0, 0.1) is 10.1 Å². The van der Waals surface area contributed by atoms with Crippen LogP contribution >= 0.6 is 11.8 Å². The molecule has 20 heavy (non-hydrogen) atoms. The van der Waals surface area contributed by atoms with Gasteiger partial charge in [-0.15, -0.1) is 0 Å². The molecule has 2 aromatic rings. The molecule has 0 aliphatic heterocycles. The third kappa shape index (κ3) is 3.07. The van der Waals surface area contributed by atoms with Crippen molar-refractivity contribution in [1.29, 1.82) is 0 Å². The van der Waals surface area contributed by atoms with Gasteiger partial charge in [0, 0.05) is 15.9 Å². The maximum absolute atomic E-state index is 10.9. The van der Waals surface area contributed by atoms with Crippen LogP contribution in [0.15, 0.2) is 52.3 Å². The summed E-state index contributed by atoms with van der Waals surface area (Å²) in [6.07, 6.45) is 0. The van der Waals surface area contributed by atoms with E-state index in [1.165, 1.54) is 42.1 Å². The summed E-state index contributed by atoms with van der Waals surface area (Å²) in [4.78, 5) is 22.4. The fourth-order valence-electron chi connectivity index (χ4n) is 1.56. The Labute approximate surface area is 117 Å². The molecule has 0 spiro atoms. The number of hydrogen-bond donors (Lipinski definition) is 2. The van der Waals surface area contributed by atoms with Crippen molar-refractivity contribution in [2.75, 3.05) is 0 Å². The Morgan fingerprint density at radius 1 is 1.10 bits per heavy atom. The quantitative estimate of drug-likeness (QED) is 0.663. The minimum absolute atomic E-state index is 0.126. The number of hydrogen-bond acceptors (Lipinski definition) is 5. The number of carboxylic acids is 1. The van der Waals surface area contributed by atoms with Crippen LogP contribution in [-0.2, 0) is 0 Å². The highest BCUT2D eigenvalue weighted by molar-refractivity contribution is 7.99. The van der Waals surface area contributed by atoms with E-state index >= 15 is 0 Å². The number of carbonyl (C=O) groups is 1. The number of carboxylic acid groups (broad SMARTS) is 1. The highest BCUT2D eigenvalue weighted by Crippen LogP contribution is 2.32. The summed E-state index contributed by atoms with van der Waals surface area (Å²) in [7, 11) is 0. The van der Waals surface area contributed by atoms with Crippen LogP contribution in [0.4, 0.5) is 5.69 Å². The molecule has 0 fully saturated rings. The van der Waals surface area contributed by atoms with Crippen LogP contribution in [0.3, 0.4) is 0 Å². The third-order valence-electron chi connectivity index (χ3n) is 2.47. The van der Waals surface area contributed by atoms with Crippen molar-refractivity contribution in [3.05, 3.63) is 58.1 Å². The van der Waals surface area contributed by atoms with Gasteiger partial charge in [0.2, 0.25) is 0 Å². The molecule has 0 radical (unpaired) electrons. The molecule has 0 atom stereocenters. The fourth-order valence-corrected chi connectivity index (χ4v) is 2.41. The normalized spacial score (nSPS) is 10.2. The lowest BCUT2D eigenvalue weighted by Gasteiger charge is -2.03. The minimum Gasteiger partial charge on any atom is -0.508 e. The van der Waals surface area contributed by atoms with Gasteiger partial charge in [-0.25, -0.2) is 4.79 Å². The number of phenols is 1. The second-order valence-corrected chi connectivity index (χ2v) is 4.98. The Morgan fingerprint density at radius 3 is 2.25 bits per heavy atom. The van der Waals surface area contributed by atoms with Gasteiger partial charge in [0.05, 0.1) is 4.92 Å². The van der Waals surface area contributed by atoms with Gasteiger partial charge in [0.15, 0.2) is 0 Å². The van der Waals surface area contributed by atoms with Crippen LogP contribution in [0.2, 0.25) is 0 Å². The average Bonchev–Trinajstić information content (AvgIpc) is 2.41. The van der Waals surface area contributed by atoms with E-state index in [1.54, 1.807) is 12.1 Å². The Kier molecular flexibility index (Phi) is 3.90. The number of phenolic OH excluding ortho intramolecular Hbond substituents is 1. The zero-order valence-corrected chi connectivity index (χ0v) is 10.8. The largest absolute Gasteiger partial charge is 0.508 e. The van der Waals surface area contributed by atoms with E-state index in [0.717, 1.165) is 4.90 Å². The number of nitro groups is 1. The van der Waals surface area contributed by atoms with Gasteiger partial charge < -0.3 is 10.2 Å². The molecule has 0 unspecified atom stereocenters. The highest BCUT2D eigenvalue weighted by atomic mass is 32.2. The van der Waals surface area contributed by atoms with Crippen molar-refractivity contribution in [1.82, 2.24) is 0 Å². The lowest BCUT2D eigenvalue weighted by atomic mass is 10.2. The molecule has 0 bridgehead atoms. The molecule has 7 heteroatoms. The summed E-state index contributed by atoms with van der Waals surface area (Å²) < 4.78 is 0. The predicted molar refractivity (Wildman–Crippen MR) is 72.3 cm³/mol. The van der Waals surface area contributed by atoms with E-state index < -0.39 is 16.6 Å². The summed E-state index contributed by atoms with van der Waals surface area (Å²) in [5.74, 6) is -1.21. The number of aromatic hydroxyl groups is 1. The van der Waals surface area contributed by atoms with E-state index in [4.69, 9.17) is 5.11 Å². The van der Waals surface area contributed by atoms with Gasteiger partial charge in [-0.05, 0) is 36.4 Å². The predicted octanol–water partition coefficient (Wildman–Crippen LogP) is 3.15. The molecule has 0 aromatic heterocycles. The molecule has 6 nitrogen and oxygen atoms in total. The smallest absolute Gasteiger partial charge is 0.342 e. The summed E-state index contributed by atoms with van der Waals surface area (Å²) in [6.45, 7) is 0. The van der Waals surface area contributed by atoms with Crippen molar-refractivity contribution in [2.45, 2.75) is 9.79 Å². The Morgan fingerprint density at radius 2 is 1.70 bits per heavy atom. The van der Waals surface area contributed by atoms with Crippen LogP contribution in [0.25, 0.3) is 0 Å². The minimum atomic E-state index is -1.34. The van der Waals surface area contributed by atoms with Crippen LogP contribution in [-0.4, -0.2) is 21.1 Å². The Balaban J connectivity index is 2.34. The van der Waals surface area contributed by atoms with Crippen LogP contribution < -0.4 is 0 Å². The first-order chi connectivity index (χ1) is 9.47. The third-order valence-corrected chi connectivity index (χ3v) is 3.47. The first kappa shape index (κ1) is 13.9. The van der Waals surface area contributed by atoms with E-state index in [9.17, 15) is 20.0 Å². The standard InChI is InChI=1S/C13H9NO5S/c15-8-1-3-9(4-2-8)20-10-5-6-11(13(16)17)12(7-10)14(18)19/h1-7,15H,(H,16,17). The fraction of sp³-hybridized carbons (Fsp3) is 0. The summed E-state index contributed by atoms with van der Waals surface area (Å²) in [6, 6.07) is 10.3. The van der Waals surface area contributed by atoms with Gasteiger partial charge in [-0.1, -0.05) is 11.8 Å². The molecule has 2 N–H and O–H groups in total. The molecular formula is C13H9NO5S. The lowest BCUT2D eigenvalue weighted by molar-refractivity contribution is -0.385. The molecule has 0 heterocycles. The number of aromatic carboxylic acids is 1. The summed E-state index contributed by atoms with van der Waals surface area (Å²) >= 11 is 1.24. The monoisotopic (exact) mass is 291 g/mol. The van der Waals surface area contributed by atoms with Crippen molar-refractivity contribution >= 4 is 23.4 Å². The van der Waals surface area contributed by atoms with E-state index in [0.29, 0.717) is 4.90 Å². The molecule has 0 aliphatic carbocycles. The maximum Gasteiger partial charge on any atom is 0.342 e. The van der Waals surface area contributed by atoms with Gasteiger partial charge in [0.25, 0.3) is 5.69 Å². The number of nitrogens with zero attached hydrogens (tertiary/aromatic N) is 1. The SMILES string of the molecule is O=C(O)c1ccc(Sc2ccc(O)cc2)cc1[N+](=O)[O-]. The van der Waals surface area contributed by atoms with E-state index in [2.05, 4.69) is 0 Å². The van der Waals surface area contributed by atoms with Crippen LogP contribution in [0.5, 0.6) is 5.75 Å².